The molecule has 0 amide bonds. The van der Waals surface area contributed by atoms with E-state index in [0.717, 1.165) is 9.88 Å². The van der Waals surface area contributed by atoms with Gasteiger partial charge in [0, 0.05) is 11.1 Å². The van der Waals surface area contributed by atoms with Crippen molar-refractivity contribution in [1.29, 1.82) is 0 Å². The number of nitrogens with zero attached hydrogens (tertiary/aromatic N) is 1. The minimum Gasteiger partial charge on any atom is -0.412 e. The summed E-state index contributed by atoms with van der Waals surface area (Å²) in [6.45, 7) is 15.1. The molecule has 20 heavy (non-hydrogen) atoms. The van der Waals surface area contributed by atoms with Crippen LogP contribution in [0.25, 0.3) is 0 Å². The Morgan fingerprint density at radius 2 is 1.95 bits per heavy atom. The van der Waals surface area contributed by atoms with Crippen molar-refractivity contribution in [2.75, 3.05) is 13.2 Å². The zero-order chi connectivity index (χ0) is 15.0. The third-order valence-corrected chi connectivity index (χ3v) is 9.80. The van der Waals surface area contributed by atoms with Crippen LogP contribution in [0, 0.1) is 0 Å². The summed E-state index contributed by atoms with van der Waals surface area (Å²) in [4.78, 5) is 5.57. The first-order valence-corrected chi connectivity index (χ1v) is 10.7. The monoisotopic (exact) mass is 315 g/mol. The van der Waals surface area contributed by atoms with E-state index in [1.165, 1.54) is 0 Å². The van der Waals surface area contributed by atoms with E-state index in [1.807, 2.05) is 13.1 Å². The van der Waals surface area contributed by atoms with E-state index in [9.17, 15) is 0 Å². The fourth-order valence-electron chi connectivity index (χ4n) is 1.69. The smallest absolute Gasteiger partial charge is 0.219 e. The van der Waals surface area contributed by atoms with Gasteiger partial charge in [-0.25, -0.2) is 4.98 Å². The van der Waals surface area contributed by atoms with Gasteiger partial charge in [0.2, 0.25) is 5.79 Å². The van der Waals surface area contributed by atoms with Crippen molar-refractivity contribution in [3.05, 3.63) is 16.1 Å². The van der Waals surface area contributed by atoms with Crippen molar-refractivity contribution in [2.24, 2.45) is 0 Å². The molecule has 1 aromatic heterocycles. The normalized spacial score (nSPS) is 19.5. The summed E-state index contributed by atoms with van der Waals surface area (Å²) < 4.78 is 17.5. The molecule has 6 heteroatoms. The lowest BCUT2D eigenvalue weighted by Crippen LogP contribution is -2.40. The van der Waals surface area contributed by atoms with Crippen LogP contribution in [0.2, 0.25) is 18.1 Å². The highest BCUT2D eigenvalue weighted by Crippen LogP contribution is 2.38. The van der Waals surface area contributed by atoms with Crippen molar-refractivity contribution in [1.82, 2.24) is 4.98 Å². The van der Waals surface area contributed by atoms with Crippen LogP contribution in [0.15, 0.2) is 6.20 Å². The number of hydrogen-bond acceptors (Lipinski definition) is 5. The Labute approximate surface area is 126 Å². The average Bonchev–Trinajstić information content (AvgIpc) is 2.94. The zero-order valence-corrected chi connectivity index (χ0v) is 15.1. The second-order valence-electron chi connectivity index (χ2n) is 6.82. The first-order valence-electron chi connectivity index (χ1n) is 7.01. The van der Waals surface area contributed by atoms with Crippen molar-refractivity contribution in [3.8, 4) is 0 Å². The largest absolute Gasteiger partial charge is 0.412 e. The summed E-state index contributed by atoms with van der Waals surface area (Å²) in [5.74, 6) is -0.667. The minimum atomic E-state index is -1.71. The number of ether oxygens (including phenoxy) is 2. The molecule has 1 saturated heterocycles. The molecule has 2 heterocycles. The molecule has 1 fully saturated rings. The van der Waals surface area contributed by atoms with Crippen molar-refractivity contribution >= 4 is 19.7 Å². The molecular formula is C14H25NO3SSi. The van der Waals surface area contributed by atoms with Crippen LogP contribution in [0.3, 0.4) is 0 Å². The average molecular weight is 316 g/mol. The molecule has 1 aromatic rings. The lowest BCUT2D eigenvalue weighted by Gasteiger charge is -2.35. The van der Waals surface area contributed by atoms with Gasteiger partial charge in [0.25, 0.3) is 0 Å². The molecule has 114 valence electrons. The van der Waals surface area contributed by atoms with E-state index in [1.54, 1.807) is 11.3 Å². The molecular weight excluding hydrogens is 290 g/mol. The van der Waals surface area contributed by atoms with Gasteiger partial charge in [-0.1, -0.05) is 20.8 Å². The van der Waals surface area contributed by atoms with E-state index < -0.39 is 14.1 Å². The van der Waals surface area contributed by atoms with Crippen LogP contribution in [0.5, 0.6) is 0 Å². The van der Waals surface area contributed by atoms with Gasteiger partial charge >= 0.3 is 0 Å². The first-order chi connectivity index (χ1) is 9.14. The van der Waals surface area contributed by atoms with Crippen LogP contribution in [-0.4, -0.2) is 26.5 Å². The Morgan fingerprint density at radius 3 is 2.50 bits per heavy atom. The van der Waals surface area contributed by atoms with Gasteiger partial charge in [0.1, 0.15) is 0 Å². The minimum absolute atomic E-state index is 0.226. The number of hydrogen-bond donors (Lipinski definition) is 0. The fraction of sp³-hybridized carbons (Fsp3) is 0.786. The summed E-state index contributed by atoms with van der Waals surface area (Å²) in [6, 6.07) is 0. The highest BCUT2D eigenvalue weighted by atomic mass is 32.1. The van der Waals surface area contributed by atoms with Crippen LogP contribution in [0.4, 0.5) is 0 Å². The number of rotatable bonds is 4. The lowest BCUT2D eigenvalue weighted by atomic mass is 10.2. The quantitative estimate of drug-likeness (QED) is 0.791. The van der Waals surface area contributed by atoms with E-state index in [0.29, 0.717) is 19.8 Å². The Bertz CT molecular complexity index is 461. The maximum absolute atomic E-state index is 6.22. The van der Waals surface area contributed by atoms with Gasteiger partial charge in [-0.15, -0.1) is 11.3 Å². The van der Waals surface area contributed by atoms with Crippen LogP contribution in [-0.2, 0) is 26.3 Å². The van der Waals surface area contributed by atoms with Gasteiger partial charge in [0.05, 0.1) is 19.8 Å². The summed E-state index contributed by atoms with van der Waals surface area (Å²) >= 11 is 1.62. The van der Waals surface area contributed by atoms with Gasteiger partial charge in [-0.05, 0) is 25.1 Å². The second-order valence-corrected chi connectivity index (χ2v) is 12.7. The standard InChI is InChI=1S/C14H25NO3SSi/c1-13(2,3)20(5,6)18-10-11-9-15-12(19-11)14(4)16-7-8-17-14/h9H,7-8,10H2,1-6H3. The molecule has 0 aromatic carbocycles. The molecule has 1 aliphatic heterocycles. The van der Waals surface area contributed by atoms with Crippen molar-refractivity contribution in [2.45, 2.75) is 58.2 Å². The molecule has 2 rings (SSSR count). The maximum Gasteiger partial charge on any atom is 0.219 e. The van der Waals surface area contributed by atoms with E-state index in [2.05, 4.69) is 38.8 Å². The van der Waals surface area contributed by atoms with Crippen molar-refractivity contribution < 1.29 is 13.9 Å². The summed E-state index contributed by atoms with van der Waals surface area (Å²) in [5.41, 5.74) is 0. The van der Waals surface area contributed by atoms with E-state index in [4.69, 9.17) is 13.9 Å². The number of thiazole rings is 1. The Morgan fingerprint density at radius 1 is 1.35 bits per heavy atom. The van der Waals surface area contributed by atoms with Crippen LogP contribution >= 0.6 is 11.3 Å². The summed E-state index contributed by atoms with van der Waals surface area (Å²) in [6.07, 6.45) is 1.88. The highest BCUT2D eigenvalue weighted by Gasteiger charge is 2.38. The number of aromatic nitrogens is 1. The van der Waals surface area contributed by atoms with Gasteiger partial charge in [-0.2, -0.15) is 0 Å². The molecule has 0 aliphatic carbocycles. The Kier molecular flexibility index (Phi) is 4.42. The second kappa shape index (κ2) is 5.49. The molecule has 1 aliphatic rings. The lowest BCUT2D eigenvalue weighted by molar-refractivity contribution is -0.149. The third kappa shape index (κ3) is 3.31. The van der Waals surface area contributed by atoms with Crippen LogP contribution < -0.4 is 0 Å². The van der Waals surface area contributed by atoms with Crippen LogP contribution in [0.1, 0.15) is 37.6 Å². The molecule has 4 nitrogen and oxygen atoms in total. The molecule has 0 bridgehead atoms. The molecule has 0 N–H and O–H groups in total. The molecule has 0 saturated carbocycles. The molecule has 0 atom stereocenters. The maximum atomic E-state index is 6.22. The SMILES string of the molecule is CC1(c2ncc(CO[Si](C)(C)C(C)(C)C)s2)OCCO1. The molecule has 0 unspecified atom stereocenters. The topological polar surface area (TPSA) is 40.6 Å². The highest BCUT2D eigenvalue weighted by molar-refractivity contribution is 7.11. The van der Waals surface area contributed by atoms with Gasteiger partial charge in [0.15, 0.2) is 13.3 Å². The van der Waals surface area contributed by atoms with E-state index >= 15 is 0 Å². The molecule has 0 radical (unpaired) electrons. The first kappa shape index (κ1) is 16.1. The zero-order valence-electron chi connectivity index (χ0n) is 13.3. The molecule has 0 spiro atoms. The fourth-order valence-corrected chi connectivity index (χ4v) is 3.62. The summed E-state index contributed by atoms with van der Waals surface area (Å²) in [5, 5.41) is 1.10. The van der Waals surface area contributed by atoms with Gasteiger partial charge < -0.3 is 13.9 Å². The Balaban J connectivity index is 2.00. The predicted octanol–water partition coefficient (Wildman–Crippen LogP) is 3.88. The van der Waals surface area contributed by atoms with Crippen molar-refractivity contribution in [3.63, 3.8) is 0 Å². The van der Waals surface area contributed by atoms with Gasteiger partial charge in [-0.3, -0.25) is 0 Å². The summed E-state index contributed by atoms with van der Waals surface area (Å²) in [7, 11) is -1.71. The predicted molar refractivity (Wildman–Crippen MR) is 83.4 cm³/mol. The third-order valence-electron chi connectivity index (χ3n) is 4.16. The Hall–Kier alpha value is -0.273. The van der Waals surface area contributed by atoms with E-state index in [-0.39, 0.29) is 5.04 Å².